The van der Waals surface area contributed by atoms with E-state index >= 15 is 0 Å². The maximum Gasteiger partial charge on any atom is 0.420 e. The molecule has 0 spiro atoms. The van der Waals surface area contributed by atoms with Crippen molar-refractivity contribution in [2.24, 2.45) is 5.92 Å². The van der Waals surface area contributed by atoms with Crippen LogP contribution in [0.15, 0.2) is 33.5 Å². The molecule has 0 radical (unpaired) electrons. The number of aromatic nitrogens is 1. The molecule has 0 saturated carbocycles. The first-order valence-electron chi connectivity index (χ1n) is 7.20. The Hall–Kier alpha value is -2.77. The number of rotatable bonds is 6. The third-order valence-corrected chi connectivity index (χ3v) is 3.50. The van der Waals surface area contributed by atoms with Gasteiger partial charge in [0.1, 0.15) is 0 Å². The van der Waals surface area contributed by atoms with Gasteiger partial charge in [0.15, 0.2) is 5.58 Å². The first kappa shape index (κ1) is 16.6. The van der Waals surface area contributed by atoms with Gasteiger partial charge in [-0.1, -0.05) is 19.1 Å². The second-order valence-electron chi connectivity index (χ2n) is 5.34. The van der Waals surface area contributed by atoms with Gasteiger partial charge in [0.25, 0.3) is 0 Å². The number of nitrogens with zero attached hydrogens (tertiary/aromatic N) is 2. The highest BCUT2D eigenvalue weighted by Gasteiger charge is 2.17. The van der Waals surface area contributed by atoms with Gasteiger partial charge >= 0.3 is 17.8 Å². The summed E-state index contributed by atoms with van der Waals surface area (Å²) in [7, 11) is 1.52. The Balaban J connectivity index is 1.91. The van der Waals surface area contributed by atoms with Crippen molar-refractivity contribution in [1.82, 2.24) is 14.8 Å². The minimum absolute atomic E-state index is 0.107. The molecule has 0 aliphatic carbocycles. The smallest absolute Gasteiger partial charge is 0.420 e. The maximum absolute atomic E-state index is 11.9. The van der Waals surface area contributed by atoms with Crippen molar-refractivity contribution in [2.45, 2.75) is 13.5 Å². The number of carboxylic acid groups (broad SMARTS) is 1. The molecule has 2 aromatic rings. The number of carbonyl (C=O) groups excluding carboxylic acids is 1. The number of aliphatic carboxylic acids is 1. The molecule has 0 fully saturated rings. The lowest BCUT2D eigenvalue weighted by atomic mass is 10.2. The summed E-state index contributed by atoms with van der Waals surface area (Å²) in [6.07, 6.45) is 0. The summed E-state index contributed by atoms with van der Waals surface area (Å²) in [5.74, 6) is -2.08. The van der Waals surface area contributed by atoms with Crippen LogP contribution in [0.2, 0.25) is 0 Å². The Morgan fingerprint density at radius 3 is 2.78 bits per heavy atom. The molecule has 0 saturated heterocycles. The van der Waals surface area contributed by atoms with E-state index in [0.29, 0.717) is 11.1 Å². The summed E-state index contributed by atoms with van der Waals surface area (Å²) in [6, 6.07) is 6.65. The second-order valence-corrected chi connectivity index (χ2v) is 5.34. The van der Waals surface area contributed by atoms with Crippen molar-refractivity contribution in [3.05, 3.63) is 34.8 Å². The summed E-state index contributed by atoms with van der Waals surface area (Å²) in [6.45, 7) is 2.14. The predicted molar refractivity (Wildman–Crippen MR) is 83.3 cm³/mol. The zero-order chi connectivity index (χ0) is 17.0. The first-order chi connectivity index (χ1) is 10.9. The van der Waals surface area contributed by atoms with Crippen LogP contribution in [0, 0.1) is 5.92 Å². The number of amides is 2. The molecule has 1 heterocycles. The Kier molecular flexibility index (Phi) is 5.05. The number of nitrogens with one attached hydrogen (secondary N) is 1. The molecule has 1 atom stereocenters. The van der Waals surface area contributed by atoms with Crippen LogP contribution in [0.4, 0.5) is 4.79 Å². The van der Waals surface area contributed by atoms with Crippen molar-refractivity contribution in [2.75, 3.05) is 20.1 Å². The summed E-state index contributed by atoms with van der Waals surface area (Å²) < 4.78 is 6.54. The van der Waals surface area contributed by atoms with E-state index in [2.05, 4.69) is 5.32 Å². The highest BCUT2D eigenvalue weighted by Crippen LogP contribution is 2.11. The molecule has 0 aliphatic rings. The standard InChI is InChI=1S/C15H19N3O5/c1-10(13(19)20)9-17(2)14(21)16-7-8-18-11-5-3-4-6-12(11)23-15(18)22/h3-6,10H,7-9H2,1-2H3,(H,16,21)(H,19,20). The van der Waals surface area contributed by atoms with Crippen LogP contribution in [0.25, 0.3) is 11.1 Å². The minimum atomic E-state index is -0.957. The highest BCUT2D eigenvalue weighted by atomic mass is 16.4. The molecule has 8 heteroatoms. The lowest BCUT2D eigenvalue weighted by molar-refractivity contribution is -0.141. The van der Waals surface area contributed by atoms with E-state index < -0.39 is 17.6 Å². The Morgan fingerprint density at radius 2 is 2.09 bits per heavy atom. The van der Waals surface area contributed by atoms with E-state index in [0.717, 1.165) is 0 Å². The fourth-order valence-electron chi connectivity index (χ4n) is 2.21. The largest absolute Gasteiger partial charge is 0.481 e. The number of hydrogen-bond acceptors (Lipinski definition) is 4. The Labute approximate surface area is 132 Å². The zero-order valence-corrected chi connectivity index (χ0v) is 13.0. The molecule has 1 aromatic carbocycles. The van der Waals surface area contributed by atoms with Gasteiger partial charge < -0.3 is 19.7 Å². The Bertz CT molecular complexity index is 764. The fraction of sp³-hybridized carbons (Fsp3) is 0.400. The zero-order valence-electron chi connectivity index (χ0n) is 13.0. The van der Waals surface area contributed by atoms with Crippen LogP contribution in [0.3, 0.4) is 0 Å². The molecular formula is C15H19N3O5. The lowest BCUT2D eigenvalue weighted by Gasteiger charge is -2.20. The maximum atomic E-state index is 11.9. The molecular weight excluding hydrogens is 302 g/mol. The molecule has 23 heavy (non-hydrogen) atoms. The average Bonchev–Trinajstić information content (AvgIpc) is 2.82. The van der Waals surface area contributed by atoms with Gasteiger partial charge in [0, 0.05) is 26.7 Å². The van der Waals surface area contributed by atoms with Crippen molar-refractivity contribution < 1.29 is 19.1 Å². The number of hydrogen-bond donors (Lipinski definition) is 2. The highest BCUT2D eigenvalue weighted by molar-refractivity contribution is 5.76. The molecule has 124 valence electrons. The molecule has 0 aliphatic heterocycles. The van der Waals surface area contributed by atoms with Crippen molar-refractivity contribution >= 4 is 23.1 Å². The third-order valence-electron chi connectivity index (χ3n) is 3.50. The number of urea groups is 1. The molecule has 2 rings (SSSR count). The van der Waals surface area contributed by atoms with Crippen molar-refractivity contribution in [3.8, 4) is 0 Å². The summed E-state index contributed by atoms with van der Waals surface area (Å²) >= 11 is 0. The second kappa shape index (κ2) is 6.99. The van der Waals surface area contributed by atoms with E-state index in [4.69, 9.17) is 9.52 Å². The van der Waals surface area contributed by atoms with Gasteiger partial charge in [-0.25, -0.2) is 9.59 Å². The van der Waals surface area contributed by atoms with Crippen LogP contribution >= 0.6 is 0 Å². The monoisotopic (exact) mass is 321 g/mol. The fourth-order valence-corrected chi connectivity index (χ4v) is 2.21. The van der Waals surface area contributed by atoms with E-state index in [1.54, 1.807) is 24.3 Å². The lowest BCUT2D eigenvalue weighted by Crippen LogP contribution is -2.42. The third kappa shape index (κ3) is 3.91. The molecule has 2 N–H and O–H groups in total. The van der Waals surface area contributed by atoms with Gasteiger partial charge in [-0.15, -0.1) is 0 Å². The van der Waals surface area contributed by atoms with Crippen LogP contribution in [-0.4, -0.2) is 46.7 Å². The number of carboxylic acids is 1. The SMILES string of the molecule is CC(CN(C)C(=O)NCCn1c(=O)oc2ccccc21)C(=O)O. The summed E-state index contributed by atoms with van der Waals surface area (Å²) in [5.41, 5.74) is 1.16. The first-order valence-corrected chi connectivity index (χ1v) is 7.20. The Morgan fingerprint density at radius 1 is 1.39 bits per heavy atom. The van der Waals surface area contributed by atoms with E-state index in [1.165, 1.54) is 23.4 Å². The van der Waals surface area contributed by atoms with Crippen molar-refractivity contribution in [3.63, 3.8) is 0 Å². The predicted octanol–water partition coefficient (Wildman–Crippen LogP) is 0.957. The molecule has 1 aromatic heterocycles. The number of oxazole rings is 1. The molecule has 1 unspecified atom stereocenters. The van der Waals surface area contributed by atoms with Gasteiger partial charge in [0.2, 0.25) is 0 Å². The van der Waals surface area contributed by atoms with E-state index in [9.17, 15) is 14.4 Å². The minimum Gasteiger partial charge on any atom is -0.481 e. The number of para-hydroxylation sites is 2. The molecule has 8 nitrogen and oxygen atoms in total. The van der Waals surface area contributed by atoms with Crippen LogP contribution < -0.4 is 11.1 Å². The number of carbonyl (C=O) groups is 2. The summed E-state index contributed by atoms with van der Waals surface area (Å²) in [5, 5.41) is 11.5. The normalized spacial score (nSPS) is 12.1. The molecule has 0 bridgehead atoms. The average molecular weight is 321 g/mol. The molecule has 2 amide bonds. The quantitative estimate of drug-likeness (QED) is 0.824. The van der Waals surface area contributed by atoms with E-state index in [1.807, 2.05) is 0 Å². The van der Waals surface area contributed by atoms with Gasteiger partial charge in [-0.2, -0.15) is 0 Å². The van der Waals surface area contributed by atoms with Crippen LogP contribution in [-0.2, 0) is 11.3 Å². The van der Waals surface area contributed by atoms with Crippen LogP contribution in [0.5, 0.6) is 0 Å². The number of benzene rings is 1. The van der Waals surface area contributed by atoms with Gasteiger partial charge in [0.05, 0.1) is 11.4 Å². The van der Waals surface area contributed by atoms with Crippen molar-refractivity contribution in [1.29, 1.82) is 0 Å². The van der Waals surface area contributed by atoms with E-state index in [-0.39, 0.29) is 25.7 Å². The van der Waals surface area contributed by atoms with Crippen LogP contribution in [0.1, 0.15) is 6.92 Å². The summed E-state index contributed by atoms with van der Waals surface area (Å²) in [4.78, 5) is 35.7. The van der Waals surface area contributed by atoms with Gasteiger partial charge in [-0.05, 0) is 12.1 Å². The topological polar surface area (TPSA) is 105 Å². The number of fused-ring (bicyclic) bond motifs is 1. The van der Waals surface area contributed by atoms with Gasteiger partial charge in [-0.3, -0.25) is 9.36 Å².